The number of benzene rings is 2. The summed E-state index contributed by atoms with van der Waals surface area (Å²) in [6, 6.07) is 13.3. The van der Waals surface area contributed by atoms with Crippen molar-refractivity contribution in [2.45, 2.75) is 26.2 Å². The van der Waals surface area contributed by atoms with Crippen molar-refractivity contribution in [1.29, 1.82) is 0 Å². The van der Waals surface area contributed by atoms with Crippen molar-refractivity contribution in [2.75, 3.05) is 5.88 Å². The van der Waals surface area contributed by atoms with Crippen LogP contribution in [0.1, 0.15) is 28.2 Å². The van der Waals surface area contributed by atoms with Crippen LogP contribution in [-0.2, 0) is 6.42 Å². The molecule has 19 heavy (non-hydrogen) atoms. The summed E-state index contributed by atoms with van der Waals surface area (Å²) >= 11 is 6.10. The molecule has 100 valence electrons. The van der Waals surface area contributed by atoms with Crippen LogP contribution in [0.15, 0.2) is 42.5 Å². The first-order valence-corrected chi connectivity index (χ1v) is 7.01. The van der Waals surface area contributed by atoms with Crippen molar-refractivity contribution in [3.8, 4) is 0 Å². The fraction of sp³-hybridized carbons (Fsp3) is 0.294. The zero-order chi connectivity index (χ0) is 13.8. The Labute approximate surface area is 119 Å². The van der Waals surface area contributed by atoms with E-state index in [0.717, 1.165) is 17.5 Å². The van der Waals surface area contributed by atoms with Gasteiger partial charge in [-0.1, -0.05) is 35.9 Å². The fourth-order valence-corrected chi connectivity index (χ4v) is 2.60. The summed E-state index contributed by atoms with van der Waals surface area (Å²) in [5.41, 5.74) is 4.60. The van der Waals surface area contributed by atoms with Crippen molar-refractivity contribution in [3.63, 3.8) is 0 Å². The van der Waals surface area contributed by atoms with Crippen LogP contribution >= 0.6 is 11.6 Å². The lowest BCUT2D eigenvalue weighted by Gasteiger charge is -2.16. The second-order valence-electron chi connectivity index (χ2n) is 5.04. The summed E-state index contributed by atoms with van der Waals surface area (Å²) in [7, 11) is 0. The molecule has 0 nitrogen and oxygen atoms in total. The monoisotopic (exact) mass is 276 g/mol. The number of alkyl halides is 1. The smallest absolute Gasteiger partial charge is 0.123 e. The minimum Gasteiger partial charge on any atom is -0.207 e. The van der Waals surface area contributed by atoms with Crippen LogP contribution in [0.2, 0.25) is 0 Å². The zero-order valence-electron chi connectivity index (χ0n) is 11.3. The van der Waals surface area contributed by atoms with Gasteiger partial charge in [-0.15, -0.1) is 11.6 Å². The van der Waals surface area contributed by atoms with E-state index in [9.17, 15) is 4.39 Å². The molecule has 0 aromatic heterocycles. The molecule has 0 bridgehead atoms. The van der Waals surface area contributed by atoms with E-state index in [1.807, 2.05) is 19.1 Å². The standard InChI is InChI=1S/C17H18ClF/c1-12-4-3-5-14(8-12)16(11-18)9-15-10-17(19)7-6-13(15)2/h3-8,10,16H,9,11H2,1-2H3. The second kappa shape index (κ2) is 6.21. The van der Waals surface area contributed by atoms with E-state index in [2.05, 4.69) is 25.1 Å². The quantitative estimate of drug-likeness (QED) is 0.689. The maximum Gasteiger partial charge on any atom is 0.123 e. The Balaban J connectivity index is 2.26. The van der Waals surface area contributed by atoms with E-state index in [1.54, 1.807) is 6.07 Å². The maximum atomic E-state index is 13.3. The molecule has 0 radical (unpaired) electrons. The first-order valence-electron chi connectivity index (χ1n) is 6.47. The molecule has 0 aliphatic carbocycles. The van der Waals surface area contributed by atoms with Crippen molar-refractivity contribution in [2.24, 2.45) is 0 Å². The van der Waals surface area contributed by atoms with Crippen LogP contribution in [0.3, 0.4) is 0 Å². The highest BCUT2D eigenvalue weighted by atomic mass is 35.5. The minimum absolute atomic E-state index is 0.182. The summed E-state index contributed by atoms with van der Waals surface area (Å²) in [6.45, 7) is 4.08. The Bertz CT molecular complexity index is 563. The van der Waals surface area contributed by atoms with Gasteiger partial charge in [-0.25, -0.2) is 4.39 Å². The van der Waals surface area contributed by atoms with Gasteiger partial charge in [0.2, 0.25) is 0 Å². The molecule has 1 atom stereocenters. The van der Waals surface area contributed by atoms with E-state index in [-0.39, 0.29) is 11.7 Å². The van der Waals surface area contributed by atoms with E-state index >= 15 is 0 Å². The van der Waals surface area contributed by atoms with Gasteiger partial charge in [0.15, 0.2) is 0 Å². The first kappa shape index (κ1) is 14.1. The number of halogens is 2. The van der Waals surface area contributed by atoms with Crippen LogP contribution in [0.4, 0.5) is 4.39 Å². The molecule has 2 heteroatoms. The average Bonchev–Trinajstić information content (AvgIpc) is 2.39. The van der Waals surface area contributed by atoms with Crippen molar-refractivity contribution >= 4 is 11.6 Å². The molecule has 0 saturated heterocycles. The largest absolute Gasteiger partial charge is 0.207 e. The van der Waals surface area contributed by atoms with Crippen molar-refractivity contribution < 1.29 is 4.39 Å². The highest BCUT2D eigenvalue weighted by Crippen LogP contribution is 2.25. The minimum atomic E-state index is -0.182. The second-order valence-corrected chi connectivity index (χ2v) is 5.35. The SMILES string of the molecule is Cc1cccc(C(CCl)Cc2cc(F)ccc2C)c1. The van der Waals surface area contributed by atoms with Crippen LogP contribution in [0, 0.1) is 19.7 Å². The third-order valence-corrected chi connectivity index (χ3v) is 3.85. The lowest BCUT2D eigenvalue weighted by molar-refractivity contribution is 0.622. The van der Waals surface area contributed by atoms with E-state index in [0.29, 0.717) is 5.88 Å². The molecule has 1 unspecified atom stereocenters. The molecule has 0 spiro atoms. The third kappa shape index (κ3) is 3.57. The summed E-state index contributed by atoms with van der Waals surface area (Å²) < 4.78 is 13.3. The molecule has 0 saturated carbocycles. The number of hydrogen-bond acceptors (Lipinski definition) is 0. The predicted molar refractivity (Wildman–Crippen MR) is 79.5 cm³/mol. The molecule has 0 aliphatic heterocycles. The van der Waals surface area contributed by atoms with Crippen LogP contribution < -0.4 is 0 Å². The average molecular weight is 277 g/mol. The topological polar surface area (TPSA) is 0 Å². The van der Waals surface area contributed by atoms with E-state index in [1.165, 1.54) is 17.2 Å². The number of rotatable bonds is 4. The predicted octanol–water partition coefficient (Wildman–Crippen LogP) is 5.01. The summed E-state index contributed by atoms with van der Waals surface area (Å²) in [5.74, 6) is 0.583. The number of hydrogen-bond donors (Lipinski definition) is 0. The summed E-state index contributed by atoms with van der Waals surface area (Å²) in [4.78, 5) is 0. The van der Waals surface area contributed by atoms with E-state index < -0.39 is 0 Å². The number of aryl methyl sites for hydroxylation is 2. The van der Waals surface area contributed by atoms with Gasteiger partial charge >= 0.3 is 0 Å². The molecular weight excluding hydrogens is 259 g/mol. The Kier molecular flexibility index (Phi) is 4.60. The lowest BCUT2D eigenvalue weighted by atomic mass is 9.91. The Morgan fingerprint density at radius 1 is 1.11 bits per heavy atom. The molecule has 2 aromatic rings. The molecular formula is C17H18ClF. The molecule has 2 aromatic carbocycles. The van der Waals surface area contributed by atoms with Gasteiger partial charge in [0.25, 0.3) is 0 Å². The molecule has 2 rings (SSSR count). The third-order valence-electron chi connectivity index (χ3n) is 3.48. The highest BCUT2D eigenvalue weighted by molar-refractivity contribution is 6.18. The fourth-order valence-electron chi connectivity index (χ4n) is 2.31. The molecule has 0 amide bonds. The molecule has 0 aliphatic rings. The van der Waals surface area contributed by atoms with Gasteiger partial charge in [0.05, 0.1) is 0 Å². The first-order chi connectivity index (χ1) is 9.10. The van der Waals surface area contributed by atoms with Crippen LogP contribution in [0.5, 0.6) is 0 Å². The van der Waals surface area contributed by atoms with E-state index in [4.69, 9.17) is 11.6 Å². The molecule has 0 fully saturated rings. The molecule has 0 heterocycles. The zero-order valence-corrected chi connectivity index (χ0v) is 12.0. The van der Waals surface area contributed by atoms with Crippen LogP contribution in [0.25, 0.3) is 0 Å². The lowest BCUT2D eigenvalue weighted by Crippen LogP contribution is -2.06. The maximum absolute atomic E-state index is 13.3. The Morgan fingerprint density at radius 2 is 1.89 bits per heavy atom. The summed E-state index contributed by atoms with van der Waals surface area (Å²) in [6.07, 6.45) is 0.774. The summed E-state index contributed by atoms with van der Waals surface area (Å²) in [5, 5.41) is 0. The van der Waals surface area contributed by atoms with Gasteiger partial charge in [-0.05, 0) is 49.1 Å². The Morgan fingerprint density at radius 3 is 2.58 bits per heavy atom. The van der Waals surface area contributed by atoms with Gasteiger partial charge in [0.1, 0.15) is 5.82 Å². The highest BCUT2D eigenvalue weighted by Gasteiger charge is 2.13. The van der Waals surface area contributed by atoms with Gasteiger partial charge in [-0.2, -0.15) is 0 Å². The normalized spacial score (nSPS) is 12.4. The van der Waals surface area contributed by atoms with Gasteiger partial charge in [0, 0.05) is 11.8 Å². The van der Waals surface area contributed by atoms with Crippen molar-refractivity contribution in [3.05, 3.63) is 70.5 Å². The molecule has 0 N–H and O–H groups in total. The van der Waals surface area contributed by atoms with Gasteiger partial charge in [-0.3, -0.25) is 0 Å². The van der Waals surface area contributed by atoms with Crippen LogP contribution in [-0.4, -0.2) is 5.88 Å². The van der Waals surface area contributed by atoms with Gasteiger partial charge < -0.3 is 0 Å². The Hall–Kier alpha value is -1.34. The van der Waals surface area contributed by atoms with Crippen molar-refractivity contribution in [1.82, 2.24) is 0 Å².